The lowest BCUT2D eigenvalue weighted by Crippen LogP contribution is -2.29. The highest BCUT2D eigenvalue weighted by molar-refractivity contribution is 5.97. The van der Waals surface area contributed by atoms with Gasteiger partial charge in [0.15, 0.2) is 5.82 Å². The van der Waals surface area contributed by atoms with Gasteiger partial charge in [0.25, 0.3) is 5.91 Å². The summed E-state index contributed by atoms with van der Waals surface area (Å²) in [7, 11) is 1.61. The average molecular weight is 358 g/mol. The quantitative estimate of drug-likeness (QED) is 0.607. The monoisotopic (exact) mass is 358 g/mol. The van der Waals surface area contributed by atoms with Crippen molar-refractivity contribution in [2.24, 2.45) is 0 Å². The number of tetrazole rings is 1. The third-order valence-corrected chi connectivity index (χ3v) is 3.76. The van der Waals surface area contributed by atoms with E-state index in [0.717, 1.165) is 0 Å². The summed E-state index contributed by atoms with van der Waals surface area (Å²) in [4.78, 5) is 12.6. The largest absolute Gasteiger partial charge is 0.507 e. The maximum absolute atomic E-state index is 12.6. The van der Waals surface area contributed by atoms with Crippen molar-refractivity contribution in [1.82, 2.24) is 40.3 Å². The van der Waals surface area contributed by atoms with E-state index in [1.54, 1.807) is 31.0 Å². The van der Waals surface area contributed by atoms with E-state index >= 15 is 0 Å². The van der Waals surface area contributed by atoms with Crippen LogP contribution in [0.1, 0.15) is 29.1 Å². The second-order valence-electron chi connectivity index (χ2n) is 5.53. The van der Waals surface area contributed by atoms with Gasteiger partial charge in [0.2, 0.25) is 0 Å². The SMILES string of the molecule is COCCn1cnnc1C(C)NC(=O)c1cc(-n2cnnn2)ccc1O. The van der Waals surface area contributed by atoms with Crippen LogP contribution in [0.5, 0.6) is 5.75 Å². The lowest BCUT2D eigenvalue weighted by Gasteiger charge is -2.15. The van der Waals surface area contributed by atoms with Crippen LogP contribution in [0.15, 0.2) is 30.9 Å². The van der Waals surface area contributed by atoms with Gasteiger partial charge in [-0.3, -0.25) is 4.79 Å². The first kappa shape index (κ1) is 17.5. The summed E-state index contributed by atoms with van der Waals surface area (Å²) in [5.74, 6) is -0.00916. The molecule has 0 aliphatic rings. The topological polar surface area (TPSA) is 133 Å². The van der Waals surface area contributed by atoms with Crippen molar-refractivity contribution in [2.75, 3.05) is 13.7 Å². The number of carbonyl (C=O) groups is 1. The zero-order chi connectivity index (χ0) is 18.5. The molecule has 2 N–H and O–H groups in total. The number of phenolic OH excluding ortho intramolecular Hbond substituents is 1. The summed E-state index contributed by atoms with van der Waals surface area (Å²) < 4.78 is 8.24. The maximum atomic E-state index is 12.6. The van der Waals surface area contributed by atoms with E-state index in [1.807, 2.05) is 0 Å². The highest BCUT2D eigenvalue weighted by atomic mass is 16.5. The molecule has 136 valence electrons. The summed E-state index contributed by atoms with van der Waals surface area (Å²) in [6.45, 7) is 2.85. The van der Waals surface area contributed by atoms with Crippen molar-refractivity contribution in [3.63, 3.8) is 0 Å². The minimum absolute atomic E-state index is 0.104. The van der Waals surface area contributed by atoms with Crippen molar-refractivity contribution in [3.8, 4) is 11.4 Å². The van der Waals surface area contributed by atoms with Crippen LogP contribution in [-0.2, 0) is 11.3 Å². The molecule has 11 nitrogen and oxygen atoms in total. The Hall–Kier alpha value is -3.34. The van der Waals surface area contributed by atoms with Crippen LogP contribution >= 0.6 is 0 Å². The number of hydrogen-bond donors (Lipinski definition) is 2. The van der Waals surface area contributed by atoms with Crippen LogP contribution in [0.3, 0.4) is 0 Å². The standard InChI is InChI=1S/C15H18N8O3/c1-10(14-19-16-8-22(14)5-6-26-2)18-15(25)12-7-11(3-4-13(12)24)23-9-17-20-21-23/h3-4,7-10,24H,5-6H2,1-2H3,(H,18,25). The summed E-state index contributed by atoms with van der Waals surface area (Å²) in [5.41, 5.74) is 0.654. The van der Waals surface area contributed by atoms with Gasteiger partial charge in [-0.2, -0.15) is 0 Å². The first-order chi connectivity index (χ1) is 12.6. The average Bonchev–Trinajstić information content (AvgIpc) is 3.32. The van der Waals surface area contributed by atoms with Crippen molar-refractivity contribution in [3.05, 3.63) is 42.2 Å². The molecule has 1 amide bonds. The lowest BCUT2D eigenvalue weighted by molar-refractivity contribution is 0.0934. The van der Waals surface area contributed by atoms with Crippen LogP contribution in [0, 0.1) is 0 Å². The summed E-state index contributed by atoms with van der Waals surface area (Å²) in [6, 6.07) is 4.10. The molecular weight excluding hydrogens is 340 g/mol. The molecule has 2 heterocycles. The van der Waals surface area contributed by atoms with E-state index in [4.69, 9.17) is 4.74 Å². The Morgan fingerprint density at radius 1 is 1.35 bits per heavy atom. The number of nitrogens with one attached hydrogen (secondary N) is 1. The highest BCUT2D eigenvalue weighted by Crippen LogP contribution is 2.21. The summed E-state index contributed by atoms with van der Waals surface area (Å²) in [6.07, 6.45) is 2.97. The van der Waals surface area contributed by atoms with Gasteiger partial charge >= 0.3 is 0 Å². The first-order valence-electron chi connectivity index (χ1n) is 7.84. The van der Waals surface area contributed by atoms with Gasteiger partial charge in [-0.25, -0.2) is 4.68 Å². The van der Waals surface area contributed by atoms with Gasteiger partial charge in [0.1, 0.15) is 18.4 Å². The van der Waals surface area contributed by atoms with E-state index in [9.17, 15) is 9.90 Å². The Kier molecular flexibility index (Phi) is 5.17. The van der Waals surface area contributed by atoms with Gasteiger partial charge in [0, 0.05) is 13.7 Å². The van der Waals surface area contributed by atoms with Crippen LogP contribution < -0.4 is 5.32 Å². The molecule has 11 heteroatoms. The van der Waals surface area contributed by atoms with Crippen molar-refractivity contribution >= 4 is 5.91 Å². The molecule has 1 aromatic carbocycles. The zero-order valence-electron chi connectivity index (χ0n) is 14.3. The summed E-state index contributed by atoms with van der Waals surface area (Å²) >= 11 is 0. The molecule has 3 aromatic rings. The molecule has 2 aromatic heterocycles. The predicted molar refractivity (Wildman–Crippen MR) is 88.6 cm³/mol. The number of benzene rings is 1. The Morgan fingerprint density at radius 2 is 2.19 bits per heavy atom. The van der Waals surface area contributed by atoms with Gasteiger partial charge in [-0.15, -0.1) is 15.3 Å². The molecule has 3 rings (SSSR count). The molecule has 26 heavy (non-hydrogen) atoms. The number of ether oxygens (including phenoxy) is 1. The molecule has 0 radical (unpaired) electrons. The maximum Gasteiger partial charge on any atom is 0.255 e. The number of amides is 1. The molecule has 0 aliphatic carbocycles. The Labute approximate surface area is 148 Å². The Bertz CT molecular complexity index is 877. The number of rotatable bonds is 7. The number of methoxy groups -OCH3 is 1. The first-order valence-corrected chi connectivity index (χ1v) is 7.84. The summed E-state index contributed by atoms with van der Waals surface area (Å²) in [5, 5.41) is 31.6. The van der Waals surface area contributed by atoms with Crippen LogP contribution in [0.25, 0.3) is 5.69 Å². The molecule has 0 saturated carbocycles. The number of hydrogen-bond acceptors (Lipinski definition) is 8. The molecule has 0 saturated heterocycles. The molecule has 1 unspecified atom stereocenters. The highest BCUT2D eigenvalue weighted by Gasteiger charge is 2.19. The number of nitrogens with zero attached hydrogens (tertiary/aromatic N) is 7. The number of phenols is 1. The fourth-order valence-corrected chi connectivity index (χ4v) is 2.43. The fourth-order valence-electron chi connectivity index (χ4n) is 2.43. The van der Waals surface area contributed by atoms with Crippen LogP contribution in [0.2, 0.25) is 0 Å². The predicted octanol–water partition coefficient (Wildman–Crippen LogP) is 0.0968. The number of carbonyl (C=O) groups excluding carboxylic acids is 1. The van der Waals surface area contributed by atoms with Crippen molar-refractivity contribution in [2.45, 2.75) is 19.5 Å². The van der Waals surface area contributed by atoms with E-state index in [0.29, 0.717) is 24.7 Å². The van der Waals surface area contributed by atoms with E-state index in [2.05, 4.69) is 31.0 Å². The second kappa shape index (κ2) is 7.70. The van der Waals surface area contributed by atoms with Crippen molar-refractivity contribution < 1.29 is 14.6 Å². The molecular formula is C15H18N8O3. The minimum Gasteiger partial charge on any atom is -0.507 e. The Balaban J connectivity index is 1.78. The van der Waals surface area contributed by atoms with Crippen LogP contribution in [0.4, 0.5) is 0 Å². The zero-order valence-corrected chi connectivity index (χ0v) is 14.3. The molecule has 0 spiro atoms. The van der Waals surface area contributed by atoms with Gasteiger partial charge in [0.05, 0.1) is 23.9 Å². The van der Waals surface area contributed by atoms with Crippen LogP contribution in [-0.4, -0.2) is 59.7 Å². The number of aromatic nitrogens is 7. The van der Waals surface area contributed by atoms with Gasteiger partial charge in [-0.1, -0.05) is 0 Å². The van der Waals surface area contributed by atoms with Gasteiger partial charge < -0.3 is 19.7 Å². The van der Waals surface area contributed by atoms with E-state index < -0.39 is 11.9 Å². The van der Waals surface area contributed by atoms with E-state index in [1.165, 1.54) is 23.1 Å². The van der Waals surface area contributed by atoms with E-state index in [-0.39, 0.29) is 11.3 Å². The molecule has 0 aliphatic heterocycles. The molecule has 1 atom stereocenters. The minimum atomic E-state index is -0.453. The number of aromatic hydroxyl groups is 1. The fraction of sp³-hybridized carbons (Fsp3) is 0.333. The normalized spacial score (nSPS) is 12.1. The van der Waals surface area contributed by atoms with Gasteiger partial charge in [-0.05, 0) is 35.5 Å². The second-order valence-corrected chi connectivity index (χ2v) is 5.53. The Morgan fingerprint density at radius 3 is 2.92 bits per heavy atom. The molecule has 0 bridgehead atoms. The van der Waals surface area contributed by atoms with Crippen molar-refractivity contribution in [1.29, 1.82) is 0 Å². The third-order valence-electron chi connectivity index (χ3n) is 3.76. The molecule has 0 fully saturated rings. The smallest absolute Gasteiger partial charge is 0.255 e. The lowest BCUT2D eigenvalue weighted by atomic mass is 10.1. The third kappa shape index (κ3) is 3.67.